The highest BCUT2D eigenvalue weighted by Crippen LogP contribution is 2.46. The number of nitrogens with zero attached hydrogens (tertiary/aromatic N) is 1. The third-order valence-corrected chi connectivity index (χ3v) is 14.1. The second kappa shape index (κ2) is 23.0. The third kappa shape index (κ3) is 13.7. The Hall–Kier alpha value is -3.07. The lowest BCUT2D eigenvalue weighted by atomic mass is 9.71. The molecule has 3 saturated heterocycles. The molecule has 1 saturated carbocycles. The Morgan fingerprint density at radius 1 is 0.885 bits per heavy atom. The fourth-order valence-electron chi connectivity index (χ4n) is 10.1. The van der Waals surface area contributed by atoms with Gasteiger partial charge in [0.05, 0.1) is 19.2 Å². The second-order valence-corrected chi connectivity index (χ2v) is 19.1. The number of benzene rings is 3. The van der Waals surface area contributed by atoms with Gasteiger partial charge in [0.25, 0.3) is 0 Å². The molecule has 3 aromatic rings. The van der Waals surface area contributed by atoms with Crippen molar-refractivity contribution in [1.82, 2.24) is 5.32 Å². The number of nitrogens with one attached hydrogen (secondary N) is 1. The first kappa shape index (κ1) is 47.4. The van der Waals surface area contributed by atoms with Crippen LogP contribution in [0.5, 0.6) is 5.75 Å². The number of rotatable bonds is 22. The lowest BCUT2D eigenvalue weighted by molar-refractivity contribution is -0.961. The number of unbranched alkanes of at least 4 members (excludes halogenated alkanes) is 4. The van der Waals surface area contributed by atoms with E-state index in [9.17, 15) is 24.6 Å². The Labute approximate surface area is 365 Å². The van der Waals surface area contributed by atoms with Gasteiger partial charge in [-0.15, -0.1) is 0 Å². The maximum absolute atomic E-state index is 12.6. The summed E-state index contributed by atoms with van der Waals surface area (Å²) in [5.74, 6) is 7.31. The van der Waals surface area contributed by atoms with Gasteiger partial charge < -0.3 is 43.8 Å². The number of hydrogen-bond acceptors (Lipinski definition) is 8. The van der Waals surface area contributed by atoms with Crippen LogP contribution in [0.4, 0.5) is 0 Å². The molecule has 3 heterocycles. The zero-order valence-electron chi connectivity index (χ0n) is 36.5. The molecule has 0 amide bonds. The first-order valence-electron chi connectivity index (χ1n) is 23.1. The van der Waals surface area contributed by atoms with E-state index in [2.05, 4.69) is 47.5 Å². The topological polar surface area (TPSA) is 141 Å². The van der Waals surface area contributed by atoms with Gasteiger partial charge in [0.2, 0.25) is 0 Å². The molecule has 334 valence electrons. The number of hydrogen-bond donors (Lipinski definition) is 4. The van der Waals surface area contributed by atoms with E-state index in [-0.39, 0.29) is 17.6 Å². The van der Waals surface area contributed by atoms with Crippen molar-refractivity contribution in [3.05, 3.63) is 101 Å². The van der Waals surface area contributed by atoms with E-state index in [1.807, 2.05) is 36.4 Å². The van der Waals surface area contributed by atoms with E-state index in [1.54, 1.807) is 13.2 Å². The van der Waals surface area contributed by atoms with Gasteiger partial charge in [0.1, 0.15) is 18.8 Å². The number of aliphatic hydroxyl groups is 2. The normalized spacial score (nSPS) is 24.4. The first-order chi connectivity index (χ1) is 29.5. The zero-order chi connectivity index (χ0) is 43.0. The molecular weight excluding hydrogens is 788 g/mol. The Morgan fingerprint density at radius 3 is 2.23 bits per heavy atom. The van der Waals surface area contributed by atoms with Crippen LogP contribution in [0, 0.1) is 23.7 Å². The van der Waals surface area contributed by atoms with Gasteiger partial charge in [0, 0.05) is 57.1 Å². The van der Waals surface area contributed by atoms with Crippen LogP contribution in [0.3, 0.4) is 0 Å². The van der Waals surface area contributed by atoms with Crippen LogP contribution in [0.2, 0.25) is 0 Å². The monoisotopic (exact) mass is 858 g/mol. The second-order valence-electron chi connectivity index (χ2n) is 18.0. The summed E-state index contributed by atoms with van der Waals surface area (Å²) in [6.45, 7) is 5.36. The fourth-order valence-corrected chi connectivity index (χ4v) is 10.6. The summed E-state index contributed by atoms with van der Waals surface area (Å²) >= 11 is 0. The minimum absolute atomic E-state index is 0.0151. The third-order valence-electron chi connectivity index (χ3n) is 13.6. The van der Waals surface area contributed by atoms with Gasteiger partial charge in [-0.1, -0.05) is 124 Å². The molecular formula is C50H71N2O8P. The van der Waals surface area contributed by atoms with E-state index in [0.717, 1.165) is 122 Å². The van der Waals surface area contributed by atoms with Crippen LogP contribution >= 0.6 is 7.82 Å². The number of methoxy groups -OCH3 is 1. The SMILES string of the molecule is COC1(C#CC(O)(c2ccccc2)C2CCCCCCC2)C[N+]2(Cc3cc(C(O)CNCCCCCCOCCCCc4ccccc4)ccc3OP(=O)([O-])O)CCC1CC2. The smallest absolute Gasteiger partial charge is 0.317 e. The minimum Gasteiger partial charge on any atom is -0.746 e. The van der Waals surface area contributed by atoms with E-state index < -0.39 is 25.1 Å². The predicted octanol–water partition coefficient (Wildman–Crippen LogP) is 8.13. The van der Waals surface area contributed by atoms with Crippen LogP contribution in [0.25, 0.3) is 0 Å². The van der Waals surface area contributed by atoms with Crippen molar-refractivity contribution in [3.8, 4) is 17.6 Å². The lowest BCUT2D eigenvalue weighted by Gasteiger charge is -2.56. The zero-order valence-corrected chi connectivity index (χ0v) is 37.4. The molecule has 4 atom stereocenters. The summed E-state index contributed by atoms with van der Waals surface area (Å²) in [5.41, 5.74) is 1.31. The molecule has 4 aliphatic rings. The van der Waals surface area contributed by atoms with Gasteiger partial charge in [0.15, 0.2) is 11.2 Å². The van der Waals surface area contributed by atoms with Crippen LogP contribution in [-0.4, -0.2) is 78.2 Å². The maximum Gasteiger partial charge on any atom is 0.317 e. The van der Waals surface area contributed by atoms with Crippen molar-refractivity contribution in [3.63, 3.8) is 0 Å². The van der Waals surface area contributed by atoms with Crippen molar-refractivity contribution in [2.75, 3.05) is 53.0 Å². The number of aliphatic hydroxyl groups excluding tert-OH is 1. The van der Waals surface area contributed by atoms with Crippen molar-refractivity contribution in [1.29, 1.82) is 0 Å². The fraction of sp³-hybridized carbons (Fsp3) is 0.600. The largest absolute Gasteiger partial charge is 0.746 e. The molecule has 7 rings (SSSR count). The molecule has 10 nitrogen and oxygen atoms in total. The van der Waals surface area contributed by atoms with Gasteiger partial charge in [-0.05, 0) is 80.3 Å². The number of phosphoric ester groups is 1. The Bertz CT molecular complexity index is 1870. The van der Waals surface area contributed by atoms with E-state index in [4.69, 9.17) is 14.0 Å². The van der Waals surface area contributed by atoms with E-state index >= 15 is 0 Å². The molecule has 4 N–H and O–H groups in total. The minimum atomic E-state index is -5.10. The highest BCUT2D eigenvalue weighted by molar-refractivity contribution is 7.45. The number of piperidine rings is 3. The van der Waals surface area contributed by atoms with Gasteiger partial charge in [-0.25, -0.2) is 0 Å². The van der Waals surface area contributed by atoms with Gasteiger partial charge in [-0.3, -0.25) is 4.57 Å². The summed E-state index contributed by atoms with van der Waals surface area (Å²) in [6.07, 6.45) is 16.0. The molecule has 0 spiro atoms. The lowest BCUT2D eigenvalue weighted by Crippen LogP contribution is -2.68. The number of phosphoric acid groups is 1. The van der Waals surface area contributed by atoms with Crippen LogP contribution < -0.4 is 14.7 Å². The molecule has 0 radical (unpaired) electrons. The maximum atomic E-state index is 12.6. The molecule has 2 bridgehead atoms. The average Bonchev–Trinajstić information content (AvgIpc) is 3.25. The summed E-state index contributed by atoms with van der Waals surface area (Å²) < 4.78 is 30.0. The molecule has 4 fully saturated rings. The standard InChI is InChI=1S/C50H71N2O8P/c1-58-49(30-31-50(54,46-24-13-8-14-25-46)45-22-11-3-2-4-12-23-45)40-52(33-28-44(49)29-34-52)39-43-37-42(26-27-48(43)60-61(55,56)57)47(53)38-51-32-16-5-6-17-35-59-36-18-15-21-41-19-9-7-10-20-41/h7-10,13-14,19-20,24-27,37,44-45,47,51,53-54H,2-6,11-12,15-18,21-23,28-29,32-36,38-40H2,1H3,(H-,55,56,57). The van der Waals surface area contributed by atoms with Gasteiger partial charge in [-0.2, -0.15) is 0 Å². The Kier molecular flexibility index (Phi) is 17.9. The molecule has 3 aliphatic heterocycles. The van der Waals surface area contributed by atoms with Gasteiger partial charge >= 0.3 is 7.82 Å². The summed E-state index contributed by atoms with van der Waals surface area (Å²) in [4.78, 5) is 21.8. The van der Waals surface area contributed by atoms with E-state index in [0.29, 0.717) is 35.2 Å². The molecule has 1 aliphatic carbocycles. The summed E-state index contributed by atoms with van der Waals surface area (Å²) in [5, 5.41) is 27.3. The molecule has 3 aromatic carbocycles. The highest BCUT2D eigenvalue weighted by Gasteiger charge is 2.56. The molecule has 0 aromatic heterocycles. The summed E-state index contributed by atoms with van der Waals surface area (Å²) in [7, 11) is -3.39. The number of ether oxygens (including phenoxy) is 2. The van der Waals surface area contributed by atoms with Crippen LogP contribution in [-0.2, 0) is 32.6 Å². The predicted molar refractivity (Wildman–Crippen MR) is 238 cm³/mol. The highest BCUT2D eigenvalue weighted by atomic mass is 31.2. The first-order valence-corrected chi connectivity index (χ1v) is 24.6. The van der Waals surface area contributed by atoms with Crippen LogP contribution in [0.1, 0.15) is 125 Å². The number of fused-ring (bicyclic) bond motifs is 3. The van der Waals surface area contributed by atoms with Crippen LogP contribution in [0.15, 0.2) is 78.9 Å². The van der Waals surface area contributed by atoms with Crippen molar-refractivity contribution >= 4 is 7.82 Å². The van der Waals surface area contributed by atoms with Crippen molar-refractivity contribution in [2.24, 2.45) is 11.8 Å². The number of quaternary nitrogens is 1. The Morgan fingerprint density at radius 2 is 1.54 bits per heavy atom. The average molecular weight is 859 g/mol. The Balaban J connectivity index is 1.05. The van der Waals surface area contributed by atoms with Crippen molar-refractivity contribution in [2.45, 2.75) is 127 Å². The molecule has 61 heavy (non-hydrogen) atoms. The molecule has 4 unspecified atom stereocenters. The number of aryl methyl sites for hydroxylation is 1. The summed E-state index contributed by atoms with van der Waals surface area (Å²) in [6, 6.07) is 25.5. The van der Waals surface area contributed by atoms with E-state index in [1.165, 1.54) is 30.9 Å². The quantitative estimate of drug-likeness (QED) is 0.0342. The van der Waals surface area contributed by atoms with Crippen molar-refractivity contribution < 1.29 is 43.0 Å². The molecule has 11 heteroatoms.